The fourth-order valence-corrected chi connectivity index (χ4v) is 4.10. The number of carbonyl (C=O) groups excluding carboxylic acids is 1. The SMILES string of the molecule is O=C(Cc1cc2ccc1CCc1ccc(cc1)CC2)N1CCCCC1. The largest absolute Gasteiger partial charge is 0.342 e. The molecule has 1 aliphatic heterocycles. The van der Waals surface area contributed by atoms with Crippen LogP contribution in [0.25, 0.3) is 0 Å². The Bertz CT molecular complexity index is 741. The third-order valence-corrected chi connectivity index (χ3v) is 5.73. The predicted molar refractivity (Wildman–Crippen MR) is 102 cm³/mol. The Morgan fingerprint density at radius 1 is 0.760 bits per heavy atom. The second-order valence-electron chi connectivity index (χ2n) is 7.54. The molecule has 2 aromatic carbocycles. The summed E-state index contributed by atoms with van der Waals surface area (Å²) in [5, 5.41) is 0. The number of hydrogen-bond donors (Lipinski definition) is 0. The number of carbonyl (C=O) groups is 1. The number of rotatable bonds is 2. The molecule has 0 atom stereocenters. The molecule has 1 amide bonds. The summed E-state index contributed by atoms with van der Waals surface area (Å²) in [6.45, 7) is 1.89. The average Bonchev–Trinajstić information content (AvgIpc) is 2.65. The van der Waals surface area contributed by atoms with Crippen LogP contribution in [0.1, 0.15) is 47.1 Å². The zero-order valence-electron chi connectivity index (χ0n) is 15.0. The van der Waals surface area contributed by atoms with Crippen LogP contribution < -0.4 is 0 Å². The monoisotopic (exact) mass is 333 g/mol. The van der Waals surface area contributed by atoms with Crippen LogP contribution in [-0.2, 0) is 36.9 Å². The summed E-state index contributed by atoms with van der Waals surface area (Å²) >= 11 is 0. The van der Waals surface area contributed by atoms with E-state index in [4.69, 9.17) is 0 Å². The van der Waals surface area contributed by atoms with Gasteiger partial charge < -0.3 is 4.90 Å². The van der Waals surface area contributed by atoms with Gasteiger partial charge in [-0.15, -0.1) is 0 Å². The number of likely N-dealkylation sites (tertiary alicyclic amines) is 1. The van der Waals surface area contributed by atoms with Crippen molar-refractivity contribution in [3.63, 3.8) is 0 Å². The molecule has 2 nitrogen and oxygen atoms in total. The lowest BCUT2D eigenvalue weighted by molar-refractivity contribution is -0.131. The molecule has 0 N–H and O–H groups in total. The molecule has 2 aromatic rings. The highest BCUT2D eigenvalue weighted by Crippen LogP contribution is 2.21. The molecule has 7 rings (SSSR count). The number of hydrogen-bond acceptors (Lipinski definition) is 1. The van der Waals surface area contributed by atoms with Gasteiger partial charge in [0.2, 0.25) is 5.91 Å². The van der Waals surface area contributed by atoms with E-state index in [1.807, 2.05) is 0 Å². The van der Waals surface area contributed by atoms with Crippen LogP contribution in [0.3, 0.4) is 0 Å². The maximum absolute atomic E-state index is 12.8. The number of amides is 1. The molecule has 4 bridgehead atoms. The smallest absolute Gasteiger partial charge is 0.226 e. The number of benzene rings is 2. The topological polar surface area (TPSA) is 20.3 Å². The van der Waals surface area contributed by atoms with Crippen molar-refractivity contribution in [2.45, 2.75) is 51.4 Å². The molecule has 130 valence electrons. The van der Waals surface area contributed by atoms with Crippen LogP contribution in [0.15, 0.2) is 42.5 Å². The second-order valence-corrected chi connectivity index (χ2v) is 7.54. The molecule has 2 heteroatoms. The van der Waals surface area contributed by atoms with Crippen molar-refractivity contribution < 1.29 is 4.79 Å². The Morgan fingerprint density at radius 3 is 2.08 bits per heavy atom. The van der Waals surface area contributed by atoms with Gasteiger partial charge in [-0.2, -0.15) is 0 Å². The molecule has 0 spiro atoms. The van der Waals surface area contributed by atoms with Crippen LogP contribution in [0, 0.1) is 0 Å². The van der Waals surface area contributed by atoms with Gasteiger partial charge >= 0.3 is 0 Å². The van der Waals surface area contributed by atoms with Crippen LogP contribution in [0.4, 0.5) is 0 Å². The van der Waals surface area contributed by atoms with E-state index < -0.39 is 0 Å². The maximum Gasteiger partial charge on any atom is 0.226 e. The highest BCUT2D eigenvalue weighted by atomic mass is 16.2. The first-order chi connectivity index (χ1) is 12.3. The molecule has 1 fully saturated rings. The summed E-state index contributed by atoms with van der Waals surface area (Å²) in [7, 11) is 0. The first-order valence-corrected chi connectivity index (χ1v) is 9.74. The Morgan fingerprint density at radius 2 is 1.36 bits per heavy atom. The Hall–Kier alpha value is -2.09. The highest BCUT2D eigenvalue weighted by molar-refractivity contribution is 5.79. The zero-order valence-corrected chi connectivity index (χ0v) is 15.0. The minimum absolute atomic E-state index is 0.313. The standard InChI is InChI=1S/C23H27NO/c25-23(24-14-2-1-3-15-24)17-22-16-20-9-8-18-4-6-19(7-5-18)10-12-21(22)13-11-20/h4-7,11,13,16H,1-3,8-10,12,14-15,17H2. The second kappa shape index (κ2) is 7.43. The highest BCUT2D eigenvalue weighted by Gasteiger charge is 2.18. The summed E-state index contributed by atoms with van der Waals surface area (Å²) in [6, 6.07) is 15.9. The van der Waals surface area contributed by atoms with Crippen molar-refractivity contribution in [2.75, 3.05) is 13.1 Å². The van der Waals surface area contributed by atoms with E-state index in [0.29, 0.717) is 12.3 Å². The Balaban J connectivity index is 1.57. The lowest BCUT2D eigenvalue weighted by Crippen LogP contribution is -2.36. The molecule has 5 aliphatic rings. The lowest BCUT2D eigenvalue weighted by atomic mass is 9.92. The summed E-state index contributed by atoms with van der Waals surface area (Å²) in [4.78, 5) is 14.8. The summed E-state index contributed by atoms with van der Waals surface area (Å²) in [5.41, 5.74) is 6.75. The molecule has 0 unspecified atom stereocenters. The van der Waals surface area contributed by atoms with Crippen molar-refractivity contribution in [1.82, 2.24) is 4.90 Å². The van der Waals surface area contributed by atoms with Gasteiger partial charge in [-0.25, -0.2) is 0 Å². The Kier molecular flexibility index (Phi) is 4.87. The van der Waals surface area contributed by atoms with Crippen molar-refractivity contribution in [2.24, 2.45) is 0 Å². The van der Waals surface area contributed by atoms with Gasteiger partial charge in [0.1, 0.15) is 0 Å². The van der Waals surface area contributed by atoms with E-state index in [2.05, 4.69) is 47.4 Å². The van der Waals surface area contributed by atoms with Gasteiger partial charge in [-0.05, 0) is 72.8 Å². The number of piperidine rings is 1. The van der Waals surface area contributed by atoms with Gasteiger partial charge in [0.25, 0.3) is 0 Å². The lowest BCUT2D eigenvalue weighted by Gasteiger charge is -2.27. The maximum atomic E-state index is 12.8. The molecule has 0 saturated carbocycles. The van der Waals surface area contributed by atoms with Gasteiger partial charge in [0, 0.05) is 13.1 Å². The first-order valence-electron chi connectivity index (χ1n) is 9.74. The quantitative estimate of drug-likeness (QED) is 0.809. The fraction of sp³-hybridized carbons (Fsp3) is 0.435. The molecular weight excluding hydrogens is 306 g/mol. The third kappa shape index (κ3) is 3.95. The average molecular weight is 333 g/mol. The molecule has 1 heterocycles. The van der Waals surface area contributed by atoms with Crippen molar-refractivity contribution >= 4 is 5.91 Å². The van der Waals surface area contributed by atoms with E-state index in [9.17, 15) is 4.79 Å². The van der Waals surface area contributed by atoms with Crippen molar-refractivity contribution in [3.8, 4) is 0 Å². The number of nitrogens with zero attached hydrogens (tertiary/aromatic N) is 1. The Labute approximate surface area is 150 Å². The van der Waals surface area contributed by atoms with E-state index in [-0.39, 0.29) is 0 Å². The van der Waals surface area contributed by atoms with Crippen molar-refractivity contribution in [1.29, 1.82) is 0 Å². The van der Waals surface area contributed by atoms with Crippen molar-refractivity contribution in [3.05, 3.63) is 70.3 Å². The van der Waals surface area contributed by atoms with Crippen LogP contribution in [-0.4, -0.2) is 23.9 Å². The third-order valence-electron chi connectivity index (χ3n) is 5.73. The first kappa shape index (κ1) is 16.4. The molecule has 1 saturated heterocycles. The molecular formula is C23H27NO. The number of aryl methyl sites for hydroxylation is 4. The van der Waals surface area contributed by atoms with E-state index in [1.165, 1.54) is 34.2 Å². The minimum atomic E-state index is 0.313. The summed E-state index contributed by atoms with van der Waals surface area (Å²) < 4.78 is 0. The van der Waals surface area contributed by atoms with Crippen LogP contribution >= 0.6 is 0 Å². The molecule has 0 radical (unpaired) electrons. The zero-order chi connectivity index (χ0) is 17.1. The predicted octanol–water partition coefficient (Wildman–Crippen LogP) is 4.13. The molecule has 25 heavy (non-hydrogen) atoms. The van der Waals surface area contributed by atoms with Crippen LogP contribution in [0.5, 0.6) is 0 Å². The fourth-order valence-electron chi connectivity index (χ4n) is 4.10. The minimum Gasteiger partial charge on any atom is -0.342 e. The van der Waals surface area contributed by atoms with Gasteiger partial charge in [0.05, 0.1) is 6.42 Å². The van der Waals surface area contributed by atoms with Crippen LogP contribution in [0.2, 0.25) is 0 Å². The van der Waals surface area contributed by atoms with Gasteiger partial charge in [-0.1, -0.05) is 42.5 Å². The summed E-state index contributed by atoms with van der Waals surface area (Å²) in [6.07, 6.45) is 8.34. The molecule has 4 aliphatic carbocycles. The van der Waals surface area contributed by atoms with Gasteiger partial charge in [-0.3, -0.25) is 4.79 Å². The van der Waals surface area contributed by atoms with E-state index >= 15 is 0 Å². The molecule has 0 aromatic heterocycles. The normalized spacial score (nSPS) is 17.2. The van der Waals surface area contributed by atoms with Gasteiger partial charge in [0.15, 0.2) is 0 Å². The summed E-state index contributed by atoms with van der Waals surface area (Å²) in [5.74, 6) is 0.313. The van der Waals surface area contributed by atoms with E-state index in [1.54, 1.807) is 0 Å². The van der Waals surface area contributed by atoms with E-state index in [0.717, 1.165) is 51.6 Å².